The van der Waals surface area contributed by atoms with Gasteiger partial charge < -0.3 is 4.90 Å². The minimum atomic E-state index is -2.57. The minimum Gasteiger partial charge on any atom is -0.332 e. The summed E-state index contributed by atoms with van der Waals surface area (Å²) in [6.07, 6.45) is -2.57. The van der Waals surface area contributed by atoms with Crippen LogP contribution in [0.25, 0.3) is 0 Å². The van der Waals surface area contributed by atoms with Gasteiger partial charge in [-0.05, 0) is 18.2 Å². The SMILES string of the molecule is O=C(c1cc(Br)ccc1Cl)N(CCBr)CC(F)F. The normalized spacial score (nSPS) is 10.8. The van der Waals surface area contributed by atoms with E-state index in [4.69, 9.17) is 11.6 Å². The van der Waals surface area contributed by atoms with Gasteiger partial charge >= 0.3 is 0 Å². The average molecular weight is 405 g/mol. The number of hydrogen-bond acceptors (Lipinski definition) is 1. The van der Waals surface area contributed by atoms with Crippen LogP contribution in [0.1, 0.15) is 10.4 Å². The quantitative estimate of drug-likeness (QED) is 0.673. The maximum absolute atomic E-state index is 12.4. The van der Waals surface area contributed by atoms with Crippen LogP contribution in [0.4, 0.5) is 8.78 Å². The van der Waals surface area contributed by atoms with Crippen LogP contribution in [0, 0.1) is 0 Å². The summed E-state index contributed by atoms with van der Waals surface area (Å²) in [7, 11) is 0. The molecule has 1 amide bonds. The summed E-state index contributed by atoms with van der Waals surface area (Å²) in [5.74, 6) is -0.499. The standard InChI is InChI=1S/C11H10Br2ClF2NO/c12-3-4-17(6-10(15)16)11(18)8-5-7(13)1-2-9(8)14/h1-2,5,10H,3-4,6H2. The molecular formula is C11H10Br2ClF2NO. The van der Waals surface area contributed by atoms with Crippen LogP contribution < -0.4 is 0 Å². The summed E-state index contributed by atoms with van der Waals surface area (Å²) in [4.78, 5) is 13.2. The molecule has 7 heteroatoms. The summed E-state index contributed by atoms with van der Waals surface area (Å²) in [6, 6.07) is 4.76. The molecule has 0 heterocycles. The predicted octanol–water partition coefficient (Wildman–Crippen LogP) is 4.20. The van der Waals surface area contributed by atoms with Crippen molar-refractivity contribution < 1.29 is 13.6 Å². The lowest BCUT2D eigenvalue weighted by atomic mass is 10.2. The third-order valence-corrected chi connectivity index (χ3v) is 3.34. The molecule has 0 aliphatic rings. The number of rotatable bonds is 5. The Kier molecular flexibility index (Phi) is 6.52. The first-order valence-corrected chi connectivity index (χ1v) is 7.33. The molecule has 1 aromatic carbocycles. The van der Waals surface area contributed by atoms with Crippen LogP contribution in [0.5, 0.6) is 0 Å². The molecular weight excluding hydrogens is 395 g/mol. The minimum absolute atomic E-state index is 0.200. The Morgan fingerprint density at radius 1 is 1.44 bits per heavy atom. The van der Waals surface area contributed by atoms with Crippen molar-refractivity contribution in [2.24, 2.45) is 0 Å². The number of alkyl halides is 3. The molecule has 0 unspecified atom stereocenters. The number of hydrogen-bond donors (Lipinski definition) is 0. The Labute approximate surface area is 126 Å². The Balaban J connectivity index is 2.97. The highest BCUT2D eigenvalue weighted by Crippen LogP contribution is 2.22. The maximum atomic E-state index is 12.4. The van der Waals surface area contributed by atoms with Crippen molar-refractivity contribution in [2.75, 3.05) is 18.4 Å². The topological polar surface area (TPSA) is 20.3 Å². The molecule has 0 aliphatic carbocycles. The van der Waals surface area contributed by atoms with Crippen molar-refractivity contribution in [3.05, 3.63) is 33.3 Å². The highest BCUT2D eigenvalue weighted by atomic mass is 79.9. The average Bonchev–Trinajstić information content (AvgIpc) is 2.30. The van der Waals surface area contributed by atoms with E-state index in [0.29, 0.717) is 9.80 Å². The van der Waals surface area contributed by atoms with Crippen LogP contribution in [0.2, 0.25) is 5.02 Å². The Morgan fingerprint density at radius 2 is 2.11 bits per heavy atom. The number of halogens is 5. The number of carbonyl (C=O) groups excluding carboxylic acids is 1. The molecule has 0 aromatic heterocycles. The highest BCUT2D eigenvalue weighted by Gasteiger charge is 2.21. The molecule has 0 spiro atoms. The third kappa shape index (κ3) is 4.48. The summed E-state index contributed by atoms with van der Waals surface area (Å²) in [5, 5.41) is 0.675. The fourth-order valence-electron chi connectivity index (χ4n) is 1.38. The molecule has 0 fully saturated rings. The summed E-state index contributed by atoms with van der Waals surface area (Å²) >= 11 is 12.3. The number of carbonyl (C=O) groups is 1. The molecule has 18 heavy (non-hydrogen) atoms. The van der Waals surface area contributed by atoms with Crippen LogP contribution in [-0.4, -0.2) is 35.7 Å². The highest BCUT2D eigenvalue weighted by molar-refractivity contribution is 9.10. The van der Waals surface area contributed by atoms with Crippen molar-refractivity contribution in [1.29, 1.82) is 0 Å². The molecule has 0 radical (unpaired) electrons. The van der Waals surface area contributed by atoms with Gasteiger partial charge in [0.05, 0.1) is 17.1 Å². The van der Waals surface area contributed by atoms with E-state index in [1.807, 2.05) is 0 Å². The Hall–Kier alpha value is -0.200. The van der Waals surface area contributed by atoms with E-state index in [2.05, 4.69) is 31.9 Å². The lowest BCUT2D eigenvalue weighted by molar-refractivity contribution is 0.0572. The van der Waals surface area contributed by atoms with Crippen molar-refractivity contribution in [3.63, 3.8) is 0 Å². The van der Waals surface area contributed by atoms with E-state index in [9.17, 15) is 13.6 Å². The van der Waals surface area contributed by atoms with Crippen molar-refractivity contribution in [1.82, 2.24) is 4.90 Å². The van der Waals surface area contributed by atoms with Crippen molar-refractivity contribution >= 4 is 49.4 Å². The molecule has 0 bridgehead atoms. The second kappa shape index (κ2) is 7.40. The van der Waals surface area contributed by atoms with E-state index >= 15 is 0 Å². The molecule has 1 rings (SSSR count). The van der Waals surface area contributed by atoms with Gasteiger partial charge in [-0.2, -0.15) is 0 Å². The second-order valence-electron chi connectivity index (χ2n) is 3.46. The zero-order valence-corrected chi connectivity index (χ0v) is 13.1. The van der Waals surface area contributed by atoms with Gasteiger partial charge in [-0.3, -0.25) is 4.79 Å². The van der Waals surface area contributed by atoms with Gasteiger partial charge in [0.2, 0.25) is 0 Å². The Bertz CT molecular complexity index is 432. The summed E-state index contributed by atoms with van der Waals surface area (Å²) in [6.45, 7) is -0.403. The molecule has 0 saturated carbocycles. The second-order valence-corrected chi connectivity index (χ2v) is 5.57. The number of amides is 1. The lowest BCUT2D eigenvalue weighted by Crippen LogP contribution is -2.36. The van der Waals surface area contributed by atoms with E-state index < -0.39 is 18.9 Å². The Morgan fingerprint density at radius 3 is 2.67 bits per heavy atom. The predicted molar refractivity (Wildman–Crippen MR) is 74.9 cm³/mol. The van der Waals surface area contributed by atoms with Gasteiger partial charge in [-0.25, -0.2) is 8.78 Å². The molecule has 1 aromatic rings. The molecule has 100 valence electrons. The molecule has 0 atom stereocenters. The molecule has 2 nitrogen and oxygen atoms in total. The van der Waals surface area contributed by atoms with E-state index in [1.54, 1.807) is 12.1 Å². The monoisotopic (exact) mass is 403 g/mol. The lowest BCUT2D eigenvalue weighted by Gasteiger charge is -2.21. The molecule has 0 N–H and O–H groups in total. The van der Waals surface area contributed by atoms with Crippen LogP contribution in [-0.2, 0) is 0 Å². The van der Waals surface area contributed by atoms with Crippen molar-refractivity contribution in [2.45, 2.75) is 6.43 Å². The van der Waals surface area contributed by atoms with Crippen LogP contribution in [0.3, 0.4) is 0 Å². The van der Waals surface area contributed by atoms with Crippen LogP contribution >= 0.6 is 43.5 Å². The van der Waals surface area contributed by atoms with Gasteiger partial charge in [-0.15, -0.1) is 0 Å². The fourth-order valence-corrected chi connectivity index (χ4v) is 2.36. The largest absolute Gasteiger partial charge is 0.332 e. The zero-order valence-electron chi connectivity index (χ0n) is 9.18. The van der Waals surface area contributed by atoms with Gasteiger partial charge in [0.15, 0.2) is 0 Å². The van der Waals surface area contributed by atoms with Crippen LogP contribution in [0.15, 0.2) is 22.7 Å². The van der Waals surface area contributed by atoms with Gasteiger partial charge in [0, 0.05) is 16.3 Å². The smallest absolute Gasteiger partial charge is 0.255 e. The fraction of sp³-hybridized carbons (Fsp3) is 0.364. The van der Waals surface area contributed by atoms with E-state index in [0.717, 1.165) is 4.90 Å². The molecule has 0 saturated heterocycles. The van der Waals surface area contributed by atoms with Crippen molar-refractivity contribution in [3.8, 4) is 0 Å². The number of nitrogens with zero attached hydrogens (tertiary/aromatic N) is 1. The first-order chi connectivity index (χ1) is 8.45. The van der Waals surface area contributed by atoms with Gasteiger partial charge in [-0.1, -0.05) is 43.5 Å². The first-order valence-electron chi connectivity index (χ1n) is 5.04. The first kappa shape index (κ1) is 15.9. The molecule has 0 aliphatic heterocycles. The van der Waals surface area contributed by atoms with E-state index in [-0.39, 0.29) is 17.1 Å². The van der Waals surface area contributed by atoms with Gasteiger partial charge in [0.25, 0.3) is 12.3 Å². The summed E-state index contributed by atoms with van der Waals surface area (Å²) < 4.78 is 25.5. The maximum Gasteiger partial charge on any atom is 0.255 e. The summed E-state index contributed by atoms with van der Waals surface area (Å²) in [5.41, 5.74) is 0.215. The number of benzene rings is 1. The van der Waals surface area contributed by atoms with Gasteiger partial charge in [0.1, 0.15) is 0 Å². The zero-order chi connectivity index (χ0) is 13.7. The third-order valence-electron chi connectivity index (χ3n) is 2.16. The van der Waals surface area contributed by atoms with E-state index in [1.165, 1.54) is 6.07 Å².